The second-order valence-corrected chi connectivity index (χ2v) is 4.66. The number of carbonyl (C=O) groups excluding carboxylic acids is 1. The van der Waals surface area contributed by atoms with Crippen LogP contribution in [-0.2, 0) is 11.3 Å². The van der Waals surface area contributed by atoms with Crippen molar-refractivity contribution in [1.29, 1.82) is 5.26 Å². The topological polar surface area (TPSA) is 83.8 Å². The largest absolute Gasteiger partial charge is 0.397 e. The third kappa shape index (κ3) is 3.31. The van der Waals surface area contributed by atoms with Crippen molar-refractivity contribution in [1.82, 2.24) is 4.57 Å². The first-order chi connectivity index (χ1) is 9.60. The van der Waals surface area contributed by atoms with Crippen molar-refractivity contribution >= 4 is 28.9 Å². The van der Waals surface area contributed by atoms with Gasteiger partial charge in [-0.2, -0.15) is 5.26 Å². The van der Waals surface area contributed by atoms with Crippen molar-refractivity contribution in [2.24, 2.45) is 0 Å². The maximum atomic E-state index is 11.8. The molecule has 20 heavy (non-hydrogen) atoms. The summed E-state index contributed by atoms with van der Waals surface area (Å²) in [6.45, 7) is 0.440. The minimum atomic E-state index is -0.170. The molecule has 0 unspecified atom stereocenters. The molecule has 0 radical (unpaired) electrons. The molecule has 1 heterocycles. The Labute approximate surface area is 121 Å². The van der Waals surface area contributed by atoms with Gasteiger partial charge in [-0.05, 0) is 30.3 Å². The lowest BCUT2D eigenvalue weighted by molar-refractivity contribution is -0.116. The fourth-order valence-electron chi connectivity index (χ4n) is 1.79. The molecule has 0 atom stereocenters. The van der Waals surface area contributed by atoms with Crippen LogP contribution in [0.1, 0.15) is 12.1 Å². The van der Waals surface area contributed by atoms with Crippen molar-refractivity contribution in [2.75, 3.05) is 11.1 Å². The molecule has 0 aliphatic carbocycles. The Kier molecular flexibility index (Phi) is 4.28. The summed E-state index contributed by atoms with van der Waals surface area (Å²) in [5.74, 6) is -0.170. The van der Waals surface area contributed by atoms with E-state index in [1.807, 2.05) is 0 Å². The van der Waals surface area contributed by atoms with Crippen molar-refractivity contribution in [3.8, 4) is 6.07 Å². The third-order valence-electron chi connectivity index (χ3n) is 2.81. The molecule has 0 saturated carbocycles. The normalized spacial score (nSPS) is 10.0. The summed E-state index contributed by atoms with van der Waals surface area (Å²) >= 11 is 5.79. The quantitative estimate of drug-likeness (QED) is 0.848. The molecule has 102 valence electrons. The van der Waals surface area contributed by atoms with Crippen LogP contribution in [0.4, 0.5) is 11.4 Å². The van der Waals surface area contributed by atoms with Gasteiger partial charge < -0.3 is 15.6 Å². The van der Waals surface area contributed by atoms with Gasteiger partial charge in [-0.25, -0.2) is 0 Å². The van der Waals surface area contributed by atoms with Gasteiger partial charge in [0.15, 0.2) is 0 Å². The van der Waals surface area contributed by atoms with Crippen molar-refractivity contribution in [3.63, 3.8) is 0 Å². The molecule has 2 aromatic rings. The van der Waals surface area contributed by atoms with E-state index in [0.717, 1.165) is 0 Å². The van der Waals surface area contributed by atoms with E-state index in [1.54, 1.807) is 41.1 Å². The van der Waals surface area contributed by atoms with Crippen molar-refractivity contribution < 1.29 is 4.79 Å². The fourth-order valence-corrected chi connectivity index (χ4v) is 1.97. The Balaban J connectivity index is 1.95. The van der Waals surface area contributed by atoms with E-state index < -0.39 is 0 Å². The molecular formula is C14H13ClN4O. The molecular weight excluding hydrogens is 276 g/mol. The zero-order valence-electron chi connectivity index (χ0n) is 10.6. The Bertz CT molecular complexity index is 672. The summed E-state index contributed by atoms with van der Waals surface area (Å²) in [6, 6.07) is 10.4. The number of rotatable bonds is 4. The summed E-state index contributed by atoms with van der Waals surface area (Å²) in [4.78, 5) is 11.8. The monoisotopic (exact) mass is 288 g/mol. The van der Waals surface area contributed by atoms with E-state index in [1.165, 1.54) is 0 Å². The predicted octanol–water partition coefficient (Wildman–Crippen LogP) is 2.62. The minimum Gasteiger partial charge on any atom is -0.397 e. The number of carbonyl (C=O) groups is 1. The van der Waals surface area contributed by atoms with Crippen LogP contribution < -0.4 is 11.1 Å². The Morgan fingerprint density at radius 2 is 2.25 bits per heavy atom. The van der Waals surface area contributed by atoms with Crippen LogP contribution in [0, 0.1) is 11.3 Å². The number of aryl methyl sites for hydroxylation is 1. The minimum absolute atomic E-state index is 0.170. The summed E-state index contributed by atoms with van der Waals surface area (Å²) in [6.07, 6.45) is 2.02. The molecule has 0 bridgehead atoms. The lowest BCUT2D eigenvalue weighted by atomic mass is 10.2. The van der Waals surface area contributed by atoms with E-state index >= 15 is 0 Å². The van der Waals surface area contributed by atoms with Gasteiger partial charge in [-0.1, -0.05) is 11.6 Å². The molecule has 1 aromatic carbocycles. The number of nitriles is 1. The molecule has 3 N–H and O–H groups in total. The van der Waals surface area contributed by atoms with E-state index in [-0.39, 0.29) is 12.3 Å². The van der Waals surface area contributed by atoms with Crippen LogP contribution in [0.2, 0.25) is 5.02 Å². The zero-order valence-corrected chi connectivity index (χ0v) is 11.4. The van der Waals surface area contributed by atoms with Gasteiger partial charge in [0.2, 0.25) is 5.91 Å². The van der Waals surface area contributed by atoms with Gasteiger partial charge in [-0.15, -0.1) is 0 Å². The molecule has 0 aliphatic heterocycles. The van der Waals surface area contributed by atoms with Crippen LogP contribution in [-0.4, -0.2) is 10.5 Å². The standard InChI is InChI=1S/C14H13ClN4O/c15-10-3-4-13(12(17)8-10)18-14(20)5-7-19-6-1-2-11(19)9-16/h1-4,6,8H,5,7,17H2,(H,18,20). The maximum absolute atomic E-state index is 11.8. The van der Waals surface area contributed by atoms with Gasteiger partial charge in [0.05, 0.1) is 11.4 Å². The summed E-state index contributed by atoms with van der Waals surface area (Å²) in [5, 5.41) is 12.1. The van der Waals surface area contributed by atoms with Crippen LogP contribution in [0.3, 0.4) is 0 Å². The highest BCUT2D eigenvalue weighted by atomic mass is 35.5. The van der Waals surface area contributed by atoms with Gasteiger partial charge in [-0.3, -0.25) is 4.79 Å². The molecule has 0 aliphatic rings. The molecule has 0 spiro atoms. The number of halogens is 1. The lowest BCUT2D eigenvalue weighted by Gasteiger charge is -2.09. The average Bonchev–Trinajstić information content (AvgIpc) is 2.87. The molecule has 0 fully saturated rings. The van der Waals surface area contributed by atoms with E-state index in [0.29, 0.717) is 28.6 Å². The Hall–Kier alpha value is -2.45. The van der Waals surface area contributed by atoms with Crippen molar-refractivity contribution in [3.05, 3.63) is 47.2 Å². The van der Waals surface area contributed by atoms with Crippen LogP contribution in [0.25, 0.3) is 0 Å². The molecule has 0 saturated heterocycles. The second kappa shape index (κ2) is 6.13. The average molecular weight is 289 g/mol. The van der Waals surface area contributed by atoms with Crippen LogP contribution in [0.15, 0.2) is 36.5 Å². The highest BCUT2D eigenvalue weighted by Crippen LogP contribution is 2.22. The fraction of sp³-hybridized carbons (Fsp3) is 0.143. The van der Waals surface area contributed by atoms with Gasteiger partial charge in [0, 0.05) is 24.2 Å². The van der Waals surface area contributed by atoms with Gasteiger partial charge in [0.25, 0.3) is 0 Å². The molecule has 6 heteroatoms. The highest BCUT2D eigenvalue weighted by Gasteiger charge is 2.07. The number of anilines is 2. The third-order valence-corrected chi connectivity index (χ3v) is 3.05. The first-order valence-corrected chi connectivity index (χ1v) is 6.38. The van der Waals surface area contributed by atoms with Gasteiger partial charge >= 0.3 is 0 Å². The number of aromatic nitrogens is 1. The molecule has 1 aromatic heterocycles. The van der Waals surface area contributed by atoms with E-state index in [2.05, 4.69) is 11.4 Å². The lowest BCUT2D eigenvalue weighted by Crippen LogP contribution is -2.15. The number of benzene rings is 1. The predicted molar refractivity (Wildman–Crippen MR) is 78.3 cm³/mol. The Morgan fingerprint density at radius 3 is 2.95 bits per heavy atom. The maximum Gasteiger partial charge on any atom is 0.226 e. The number of hydrogen-bond acceptors (Lipinski definition) is 3. The Morgan fingerprint density at radius 1 is 1.45 bits per heavy atom. The molecule has 1 amide bonds. The number of hydrogen-bond donors (Lipinski definition) is 2. The van der Waals surface area contributed by atoms with Crippen molar-refractivity contribution in [2.45, 2.75) is 13.0 Å². The number of nitrogens with zero attached hydrogens (tertiary/aromatic N) is 2. The zero-order chi connectivity index (χ0) is 14.5. The summed E-state index contributed by atoms with van der Waals surface area (Å²) < 4.78 is 1.73. The number of nitrogens with one attached hydrogen (secondary N) is 1. The highest BCUT2D eigenvalue weighted by molar-refractivity contribution is 6.31. The number of nitrogens with two attached hydrogens (primary N) is 1. The van der Waals surface area contributed by atoms with Crippen LogP contribution >= 0.6 is 11.6 Å². The first-order valence-electron chi connectivity index (χ1n) is 6.00. The first kappa shape index (κ1) is 14.0. The van der Waals surface area contributed by atoms with E-state index in [9.17, 15) is 4.79 Å². The molecule has 5 nitrogen and oxygen atoms in total. The molecule has 2 rings (SSSR count). The second-order valence-electron chi connectivity index (χ2n) is 4.23. The number of nitrogen functional groups attached to an aromatic ring is 1. The van der Waals surface area contributed by atoms with Crippen LogP contribution in [0.5, 0.6) is 0 Å². The number of amides is 1. The SMILES string of the molecule is N#Cc1cccn1CCC(=O)Nc1ccc(Cl)cc1N. The summed E-state index contributed by atoms with van der Waals surface area (Å²) in [7, 11) is 0. The van der Waals surface area contributed by atoms with Gasteiger partial charge in [0.1, 0.15) is 11.8 Å². The summed E-state index contributed by atoms with van der Waals surface area (Å²) in [5.41, 5.74) is 7.25. The van der Waals surface area contributed by atoms with E-state index in [4.69, 9.17) is 22.6 Å². The smallest absolute Gasteiger partial charge is 0.226 e.